The highest BCUT2D eigenvalue weighted by molar-refractivity contribution is 7.07. The van der Waals surface area contributed by atoms with Crippen LogP contribution in [0.3, 0.4) is 0 Å². The summed E-state index contributed by atoms with van der Waals surface area (Å²) in [7, 11) is 0. The maximum Gasteiger partial charge on any atom is 0.228 e. The number of rotatable bonds is 3. The zero-order valence-electron chi connectivity index (χ0n) is 13.1. The van der Waals surface area contributed by atoms with Gasteiger partial charge in [-0.2, -0.15) is 5.26 Å². The Morgan fingerprint density at radius 1 is 1.33 bits per heavy atom. The third-order valence-electron chi connectivity index (χ3n) is 4.81. The summed E-state index contributed by atoms with van der Waals surface area (Å²) in [5.41, 5.74) is 3.36. The van der Waals surface area contributed by atoms with Crippen LogP contribution in [0.1, 0.15) is 24.1 Å². The van der Waals surface area contributed by atoms with Crippen molar-refractivity contribution in [2.45, 2.75) is 25.4 Å². The fourth-order valence-corrected chi connectivity index (χ4v) is 4.14. The van der Waals surface area contributed by atoms with Gasteiger partial charge < -0.3 is 9.80 Å². The molecule has 7 heteroatoms. The molecule has 0 spiro atoms. The van der Waals surface area contributed by atoms with E-state index < -0.39 is 0 Å². The van der Waals surface area contributed by atoms with Gasteiger partial charge >= 0.3 is 0 Å². The smallest absolute Gasteiger partial charge is 0.228 e. The summed E-state index contributed by atoms with van der Waals surface area (Å²) < 4.78 is 0. The van der Waals surface area contributed by atoms with Gasteiger partial charge in [-0.25, -0.2) is 9.97 Å². The number of hydrogen-bond donors (Lipinski definition) is 0. The van der Waals surface area contributed by atoms with E-state index in [9.17, 15) is 4.79 Å². The lowest BCUT2D eigenvalue weighted by molar-refractivity contribution is -0.140. The average Bonchev–Trinajstić information content (AvgIpc) is 2.98. The number of piperidine rings is 1. The molecule has 5 rings (SSSR count). The minimum atomic E-state index is -0.00470. The van der Waals surface area contributed by atoms with Crippen molar-refractivity contribution in [3.8, 4) is 6.07 Å². The fraction of sp³-hybridized carbons (Fsp3) is 0.412. The lowest BCUT2D eigenvalue weighted by atomic mass is 9.94. The highest BCUT2D eigenvalue weighted by Gasteiger charge is 2.41. The third kappa shape index (κ3) is 2.74. The predicted octanol–water partition coefficient (Wildman–Crippen LogP) is 2.04. The van der Waals surface area contributed by atoms with Gasteiger partial charge in [-0.15, -0.1) is 11.3 Å². The molecule has 122 valence electrons. The number of amides is 1. The number of nitrogens with zero attached hydrogens (tertiary/aromatic N) is 5. The molecule has 2 aromatic heterocycles. The minimum Gasteiger partial charge on any atom is -0.354 e. The van der Waals surface area contributed by atoms with E-state index in [4.69, 9.17) is 5.26 Å². The van der Waals surface area contributed by atoms with E-state index in [0.29, 0.717) is 18.7 Å². The molecule has 6 nitrogen and oxygen atoms in total. The van der Waals surface area contributed by atoms with Crippen molar-refractivity contribution in [3.63, 3.8) is 0 Å². The van der Waals surface area contributed by atoms with Crippen LogP contribution in [0.2, 0.25) is 0 Å². The normalized spacial score (nSPS) is 23.2. The van der Waals surface area contributed by atoms with Gasteiger partial charge in [0.15, 0.2) is 0 Å². The monoisotopic (exact) mass is 339 g/mol. The first-order valence-corrected chi connectivity index (χ1v) is 8.97. The molecule has 24 heavy (non-hydrogen) atoms. The van der Waals surface area contributed by atoms with Crippen molar-refractivity contribution in [2.75, 3.05) is 18.0 Å². The van der Waals surface area contributed by atoms with Crippen LogP contribution in [0.15, 0.2) is 29.2 Å². The maximum atomic E-state index is 12.8. The molecule has 2 atom stereocenters. The summed E-state index contributed by atoms with van der Waals surface area (Å²) in [6, 6.07) is 5.84. The van der Waals surface area contributed by atoms with E-state index in [1.165, 1.54) is 0 Å². The van der Waals surface area contributed by atoms with Crippen LogP contribution in [0.25, 0.3) is 0 Å². The summed E-state index contributed by atoms with van der Waals surface area (Å²) in [6.45, 7) is 2.02. The van der Waals surface area contributed by atoms with Crippen LogP contribution in [0.5, 0.6) is 0 Å². The van der Waals surface area contributed by atoms with E-state index in [-0.39, 0.29) is 17.9 Å². The van der Waals surface area contributed by atoms with Crippen LogP contribution in [0, 0.1) is 17.2 Å². The molecule has 2 unspecified atom stereocenters. The Bertz CT molecular complexity index is 785. The molecule has 0 aromatic carbocycles. The number of hydrogen-bond acceptors (Lipinski definition) is 6. The van der Waals surface area contributed by atoms with Crippen molar-refractivity contribution in [3.05, 3.63) is 40.5 Å². The Balaban J connectivity index is 1.59. The van der Waals surface area contributed by atoms with Gasteiger partial charge in [0.1, 0.15) is 5.82 Å². The molecule has 1 amide bonds. The second-order valence-corrected chi connectivity index (χ2v) is 7.01. The number of pyridine rings is 1. The van der Waals surface area contributed by atoms with E-state index in [1.54, 1.807) is 35.2 Å². The topological polar surface area (TPSA) is 73.1 Å². The highest BCUT2D eigenvalue weighted by Crippen LogP contribution is 2.32. The standard InChI is InChI=1S/C17H17N5OS/c18-6-12-3-4-19-16(5-12)21-7-13-1-2-15(9-21)22(17(13)23)8-14-10-24-11-20-14/h3-5,10-11,13,15H,1-2,7-9H2. The first-order valence-electron chi connectivity index (χ1n) is 8.03. The Morgan fingerprint density at radius 2 is 2.25 bits per heavy atom. The quantitative estimate of drug-likeness (QED) is 0.855. The second-order valence-electron chi connectivity index (χ2n) is 6.29. The first kappa shape index (κ1) is 15.1. The molecule has 0 aliphatic carbocycles. The maximum absolute atomic E-state index is 12.8. The Kier molecular flexibility index (Phi) is 3.90. The van der Waals surface area contributed by atoms with Crippen LogP contribution in [-0.4, -0.2) is 39.9 Å². The molecular formula is C17H17N5OS. The van der Waals surface area contributed by atoms with Crippen molar-refractivity contribution in [1.82, 2.24) is 14.9 Å². The molecule has 3 saturated heterocycles. The summed E-state index contributed by atoms with van der Waals surface area (Å²) in [5, 5.41) is 11.1. The molecule has 0 saturated carbocycles. The number of carbonyl (C=O) groups is 1. The molecule has 5 heterocycles. The summed E-state index contributed by atoms with van der Waals surface area (Å²) in [4.78, 5) is 25.7. The number of carbonyl (C=O) groups excluding carboxylic acids is 1. The first-order chi connectivity index (χ1) is 11.7. The van der Waals surface area contributed by atoms with Gasteiger partial charge in [-0.05, 0) is 25.0 Å². The lowest BCUT2D eigenvalue weighted by Crippen LogP contribution is -2.47. The molecule has 2 aromatic rings. The Hall–Kier alpha value is -2.46. The highest BCUT2D eigenvalue weighted by atomic mass is 32.1. The van der Waals surface area contributed by atoms with Crippen LogP contribution < -0.4 is 4.90 Å². The summed E-state index contributed by atoms with van der Waals surface area (Å²) in [6.07, 6.45) is 3.59. The number of aromatic nitrogens is 2. The average molecular weight is 339 g/mol. The zero-order valence-corrected chi connectivity index (χ0v) is 13.9. The van der Waals surface area contributed by atoms with Gasteiger partial charge in [0.2, 0.25) is 5.91 Å². The number of nitriles is 1. The van der Waals surface area contributed by atoms with E-state index in [1.807, 2.05) is 10.3 Å². The number of thiazole rings is 1. The van der Waals surface area contributed by atoms with Crippen molar-refractivity contribution in [2.24, 2.45) is 5.92 Å². The summed E-state index contributed by atoms with van der Waals surface area (Å²) in [5.74, 6) is 1.00. The van der Waals surface area contributed by atoms with Crippen LogP contribution >= 0.6 is 11.3 Å². The number of anilines is 1. The van der Waals surface area contributed by atoms with Crippen molar-refractivity contribution in [1.29, 1.82) is 5.26 Å². The van der Waals surface area contributed by atoms with E-state index in [0.717, 1.165) is 30.9 Å². The van der Waals surface area contributed by atoms with Crippen molar-refractivity contribution >= 4 is 23.1 Å². The predicted molar refractivity (Wildman–Crippen MR) is 90.3 cm³/mol. The largest absolute Gasteiger partial charge is 0.354 e. The van der Waals surface area contributed by atoms with Crippen LogP contribution in [-0.2, 0) is 11.3 Å². The van der Waals surface area contributed by atoms with Gasteiger partial charge in [0, 0.05) is 30.7 Å². The minimum absolute atomic E-state index is 0.00470. The second kappa shape index (κ2) is 6.21. The zero-order chi connectivity index (χ0) is 16.5. The number of fused-ring (bicyclic) bond motifs is 4. The Morgan fingerprint density at radius 3 is 3.04 bits per heavy atom. The molecule has 3 fully saturated rings. The van der Waals surface area contributed by atoms with Crippen molar-refractivity contribution < 1.29 is 4.79 Å². The molecule has 3 aliphatic rings. The molecule has 0 radical (unpaired) electrons. The van der Waals surface area contributed by atoms with Crippen LogP contribution in [0.4, 0.5) is 5.82 Å². The molecule has 2 bridgehead atoms. The SMILES string of the molecule is N#Cc1ccnc(N2CC3CCC(C2)N(Cc2cscn2)C3=O)c1. The van der Waals surface area contributed by atoms with Gasteiger partial charge in [0.05, 0.1) is 35.3 Å². The molecule has 0 N–H and O–H groups in total. The van der Waals surface area contributed by atoms with Gasteiger partial charge in [-0.3, -0.25) is 4.79 Å². The Labute approximate surface area is 144 Å². The van der Waals surface area contributed by atoms with E-state index in [2.05, 4.69) is 20.9 Å². The van der Waals surface area contributed by atoms with Gasteiger partial charge in [-0.1, -0.05) is 0 Å². The van der Waals surface area contributed by atoms with E-state index >= 15 is 0 Å². The van der Waals surface area contributed by atoms with Gasteiger partial charge in [0.25, 0.3) is 0 Å². The molecular weight excluding hydrogens is 322 g/mol. The third-order valence-corrected chi connectivity index (χ3v) is 5.44. The fourth-order valence-electron chi connectivity index (χ4n) is 3.59. The lowest BCUT2D eigenvalue weighted by Gasteiger charge is -2.35. The summed E-state index contributed by atoms with van der Waals surface area (Å²) >= 11 is 1.56. The molecule has 3 aliphatic heterocycles.